The van der Waals surface area contributed by atoms with Crippen molar-refractivity contribution in [1.29, 1.82) is 0 Å². The Balaban J connectivity index is 1.86. The molecule has 3 rings (SSSR count). The molecule has 3 aromatic heterocycles. The van der Waals surface area contributed by atoms with Crippen LogP contribution in [-0.4, -0.2) is 30.9 Å². The quantitative estimate of drug-likeness (QED) is 0.748. The maximum Gasteiger partial charge on any atom is 0.140 e. The summed E-state index contributed by atoms with van der Waals surface area (Å²) in [5.41, 5.74) is 9.54. The standard InChI is InChI=1S/C13H16N6/c1-10-3-2-6-18-7-12(15-13(10)18)9-19-8-11(4-5-14)16-17-19/h2-3,6-8H,4-5,9,14H2,1H3. The van der Waals surface area contributed by atoms with Crippen LogP contribution in [0.1, 0.15) is 17.0 Å². The van der Waals surface area contributed by atoms with Crippen molar-refractivity contribution in [3.05, 3.63) is 47.7 Å². The molecule has 98 valence electrons. The zero-order valence-corrected chi connectivity index (χ0v) is 10.8. The number of pyridine rings is 1. The molecule has 0 spiro atoms. The Morgan fingerprint density at radius 2 is 2.16 bits per heavy atom. The molecule has 3 aromatic rings. The van der Waals surface area contributed by atoms with E-state index in [2.05, 4.69) is 28.3 Å². The molecule has 0 amide bonds. The van der Waals surface area contributed by atoms with Crippen LogP contribution >= 0.6 is 0 Å². The largest absolute Gasteiger partial charge is 0.330 e. The van der Waals surface area contributed by atoms with Gasteiger partial charge in [-0.2, -0.15) is 0 Å². The number of rotatable bonds is 4. The second-order valence-electron chi connectivity index (χ2n) is 4.60. The molecule has 0 radical (unpaired) electrons. The van der Waals surface area contributed by atoms with Crippen LogP contribution in [0.25, 0.3) is 5.65 Å². The van der Waals surface area contributed by atoms with Crippen LogP contribution in [-0.2, 0) is 13.0 Å². The maximum absolute atomic E-state index is 5.50. The number of nitrogens with two attached hydrogens (primary N) is 1. The molecule has 0 aromatic carbocycles. The highest BCUT2D eigenvalue weighted by molar-refractivity contribution is 5.47. The molecular weight excluding hydrogens is 240 g/mol. The predicted octanol–water partition coefficient (Wildman–Crippen LogP) is 0.784. The SMILES string of the molecule is Cc1cccn2cc(Cn3cc(CCN)nn3)nc12. The van der Waals surface area contributed by atoms with Gasteiger partial charge in [0.25, 0.3) is 0 Å². The van der Waals surface area contributed by atoms with Crippen molar-refractivity contribution in [2.75, 3.05) is 6.54 Å². The Morgan fingerprint density at radius 1 is 1.26 bits per heavy atom. The lowest BCUT2D eigenvalue weighted by molar-refractivity contribution is 0.640. The molecule has 0 aliphatic carbocycles. The first kappa shape index (κ1) is 11.9. The molecule has 0 aliphatic heterocycles. The van der Waals surface area contributed by atoms with Gasteiger partial charge in [0, 0.05) is 25.0 Å². The Morgan fingerprint density at radius 3 is 2.95 bits per heavy atom. The Bertz CT molecular complexity index is 696. The minimum absolute atomic E-state index is 0.590. The maximum atomic E-state index is 5.50. The third kappa shape index (κ3) is 2.34. The third-order valence-electron chi connectivity index (χ3n) is 3.04. The van der Waals surface area contributed by atoms with Crippen LogP contribution in [0.2, 0.25) is 0 Å². The highest BCUT2D eigenvalue weighted by atomic mass is 15.4. The van der Waals surface area contributed by atoms with Gasteiger partial charge in [-0.1, -0.05) is 11.3 Å². The van der Waals surface area contributed by atoms with Crippen LogP contribution in [0, 0.1) is 6.92 Å². The van der Waals surface area contributed by atoms with Gasteiger partial charge in [0.05, 0.1) is 17.9 Å². The molecule has 0 aliphatic rings. The van der Waals surface area contributed by atoms with E-state index in [4.69, 9.17) is 5.73 Å². The number of fused-ring (bicyclic) bond motifs is 1. The monoisotopic (exact) mass is 256 g/mol. The molecule has 0 bridgehead atoms. The van der Waals surface area contributed by atoms with Crippen LogP contribution in [0.5, 0.6) is 0 Å². The molecule has 3 heterocycles. The van der Waals surface area contributed by atoms with E-state index in [9.17, 15) is 0 Å². The first-order valence-corrected chi connectivity index (χ1v) is 6.28. The van der Waals surface area contributed by atoms with Crippen molar-refractivity contribution in [2.24, 2.45) is 5.73 Å². The van der Waals surface area contributed by atoms with E-state index in [1.807, 2.05) is 29.1 Å². The third-order valence-corrected chi connectivity index (χ3v) is 3.04. The summed E-state index contributed by atoms with van der Waals surface area (Å²) in [5.74, 6) is 0. The van der Waals surface area contributed by atoms with Gasteiger partial charge in [0.1, 0.15) is 5.65 Å². The summed E-state index contributed by atoms with van der Waals surface area (Å²) >= 11 is 0. The number of hydrogen-bond acceptors (Lipinski definition) is 4. The molecular formula is C13H16N6. The molecule has 19 heavy (non-hydrogen) atoms. The van der Waals surface area contributed by atoms with Gasteiger partial charge in [-0.05, 0) is 25.1 Å². The van der Waals surface area contributed by atoms with Gasteiger partial charge in [0.15, 0.2) is 0 Å². The normalized spacial score (nSPS) is 11.3. The van der Waals surface area contributed by atoms with Crippen LogP contribution < -0.4 is 5.73 Å². The summed E-state index contributed by atoms with van der Waals surface area (Å²) in [6, 6.07) is 4.07. The minimum atomic E-state index is 0.590. The lowest BCUT2D eigenvalue weighted by atomic mass is 10.3. The highest BCUT2D eigenvalue weighted by Crippen LogP contribution is 2.10. The average Bonchev–Trinajstić information content (AvgIpc) is 2.98. The smallest absolute Gasteiger partial charge is 0.140 e. The summed E-state index contributed by atoms with van der Waals surface area (Å²) in [7, 11) is 0. The van der Waals surface area contributed by atoms with Crippen molar-refractivity contribution >= 4 is 5.65 Å². The van der Waals surface area contributed by atoms with E-state index < -0.39 is 0 Å². The zero-order valence-electron chi connectivity index (χ0n) is 10.8. The molecule has 0 atom stereocenters. The highest BCUT2D eigenvalue weighted by Gasteiger charge is 2.06. The van der Waals surface area contributed by atoms with Gasteiger partial charge in [0.2, 0.25) is 0 Å². The van der Waals surface area contributed by atoms with Gasteiger partial charge in [-0.3, -0.25) is 0 Å². The fraction of sp³-hybridized carbons (Fsp3) is 0.308. The van der Waals surface area contributed by atoms with Crippen LogP contribution in [0.15, 0.2) is 30.7 Å². The Kier molecular flexibility index (Phi) is 3.00. The lowest BCUT2D eigenvalue weighted by Crippen LogP contribution is -2.03. The number of hydrogen-bond donors (Lipinski definition) is 1. The fourth-order valence-corrected chi connectivity index (χ4v) is 2.12. The number of aryl methyl sites for hydroxylation is 1. The van der Waals surface area contributed by atoms with Gasteiger partial charge in [-0.25, -0.2) is 9.67 Å². The van der Waals surface area contributed by atoms with Crippen molar-refractivity contribution in [1.82, 2.24) is 24.4 Å². The topological polar surface area (TPSA) is 74.0 Å². The minimum Gasteiger partial charge on any atom is -0.330 e. The molecule has 6 nitrogen and oxygen atoms in total. The Labute approximate surface area is 110 Å². The number of nitrogens with zero attached hydrogens (tertiary/aromatic N) is 5. The predicted molar refractivity (Wildman–Crippen MR) is 71.8 cm³/mol. The fourth-order valence-electron chi connectivity index (χ4n) is 2.12. The summed E-state index contributed by atoms with van der Waals surface area (Å²) in [6.45, 7) is 3.27. The van der Waals surface area contributed by atoms with Crippen molar-refractivity contribution in [2.45, 2.75) is 19.9 Å². The lowest BCUT2D eigenvalue weighted by Gasteiger charge is -1.94. The second kappa shape index (κ2) is 4.81. The van der Waals surface area contributed by atoms with Gasteiger partial charge >= 0.3 is 0 Å². The average molecular weight is 256 g/mol. The van der Waals surface area contributed by atoms with Crippen LogP contribution in [0.3, 0.4) is 0 Å². The van der Waals surface area contributed by atoms with E-state index in [-0.39, 0.29) is 0 Å². The van der Waals surface area contributed by atoms with E-state index in [1.165, 1.54) is 0 Å². The van der Waals surface area contributed by atoms with E-state index >= 15 is 0 Å². The number of imidazole rings is 1. The number of aromatic nitrogens is 5. The zero-order chi connectivity index (χ0) is 13.2. The van der Waals surface area contributed by atoms with E-state index in [0.29, 0.717) is 13.1 Å². The van der Waals surface area contributed by atoms with E-state index in [1.54, 1.807) is 4.68 Å². The molecule has 0 saturated carbocycles. The van der Waals surface area contributed by atoms with Crippen LogP contribution in [0.4, 0.5) is 0 Å². The molecule has 0 saturated heterocycles. The molecule has 0 unspecified atom stereocenters. The van der Waals surface area contributed by atoms with Crippen molar-refractivity contribution in [3.8, 4) is 0 Å². The Hall–Kier alpha value is -2.21. The summed E-state index contributed by atoms with van der Waals surface area (Å²) in [5, 5.41) is 8.16. The van der Waals surface area contributed by atoms with Crippen molar-refractivity contribution in [3.63, 3.8) is 0 Å². The van der Waals surface area contributed by atoms with E-state index in [0.717, 1.165) is 29.0 Å². The second-order valence-corrected chi connectivity index (χ2v) is 4.60. The van der Waals surface area contributed by atoms with Gasteiger partial charge < -0.3 is 10.1 Å². The summed E-state index contributed by atoms with van der Waals surface area (Å²) in [6.07, 6.45) is 6.70. The summed E-state index contributed by atoms with van der Waals surface area (Å²) < 4.78 is 3.82. The molecule has 2 N–H and O–H groups in total. The first-order valence-electron chi connectivity index (χ1n) is 6.28. The van der Waals surface area contributed by atoms with Crippen molar-refractivity contribution < 1.29 is 0 Å². The molecule has 0 fully saturated rings. The van der Waals surface area contributed by atoms with Gasteiger partial charge in [-0.15, -0.1) is 5.10 Å². The first-order chi connectivity index (χ1) is 9.26. The molecule has 6 heteroatoms. The summed E-state index contributed by atoms with van der Waals surface area (Å²) in [4.78, 5) is 4.61.